The van der Waals surface area contributed by atoms with Crippen LogP contribution in [0, 0.1) is 11.3 Å². The fourth-order valence-corrected chi connectivity index (χ4v) is 2.12. The standard InChI is InChI=1S/C13H8ClN5/c14-13-17-6-8(5-15)12(18-13)19-7-10(16)9-3-1-2-4-11(9)19/h1-4,6-7H,16H2. The maximum Gasteiger partial charge on any atom is 0.224 e. The number of nitrogens with two attached hydrogens (primary N) is 1. The lowest BCUT2D eigenvalue weighted by Crippen LogP contribution is -2.01. The van der Waals surface area contributed by atoms with E-state index in [1.807, 2.05) is 30.3 Å². The van der Waals surface area contributed by atoms with E-state index in [-0.39, 0.29) is 5.28 Å². The van der Waals surface area contributed by atoms with E-state index in [0.717, 1.165) is 10.9 Å². The largest absolute Gasteiger partial charge is 0.397 e. The van der Waals surface area contributed by atoms with Gasteiger partial charge in [-0.25, -0.2) is 4.98 Å². The lowest BCUT2D eigenvalue weighted by atomic mass is 10.2. The van der Waals surface area contributed by atoms with Gasteiger partial charge in [-0.1, -0.05) is 18.2 Å². The predicted octanol–water partition coefficient (Wildman–Crippen LogP) is 2.53. The zero-order valence-corrected chi connectivity index (χ0v) is 10.5. The molecule has 0 radical (unpaired) electrons. The highest BCUT2D eigenvalue weighted by Gasteiger charge is 2.13. The summed E-state index contributed by atoms with van der Waals surface area (Å²) in [5.41, 5.74) is 7.79. The van der Waals surface area contributed by atoms with Crippen molar-refractivity contribution in [1.82, 2.24) is 14.5 Å². The summed E-state index contributed by atoms with van der Waals surface area (Å²) in [5, 5.41) is 10.1. The lowest BCUT2D eigenvalue weighted by Gasteiger charge is -2.05. The van der Waals surface area contributed by atoms with E-state index in [1.165, 1.54) is 6.20 Å². The lowest BCUT2D eigenvalue weighted by molar-refractivity contribution is 1.00. The Kier molecular flexibility index (Phi) is 2.58. The van der Waals surface area contributed by atoms with Crippen LogP contribution in [0.2, 0.25) is 5.28 Å². The molecule has 0 saturated carbocycles. The van der Waals surface area contributed by atoms with E-state index < -0.39 is 0 Å². The Morgan fingerprint density at radius 1 is 1.32 bits per heavy atom. The molecule has 5 nitrogen and oxygen atoms in total. The number of hydrogen-bond donors (Lipinski definition) is 1. The minimum Gasteiger partial charge on any atom is -0.397 e. The van der Waals surface area contributed by atoms with E-state index in [0.29, 0.717) is 17.1 Å². The van der Waals surface area contributed by atoms with Gasteiger partial charge in [-0.05, 0) is 17.7 Å². The summed E-state index contributed by atoms with van der Waals surface area (Å²) in [5.74, 6) is 0.426. The monoisotopic (exact) mass is 269 g/mol. The molecular formula is C13H8ClN5. The molecule has 6 heteroatoms. The molecule has 0 amide bonds. The predicted molar refractivity (Wildman–Crippen MR) is 73.0 cm³/mol. The number of hydrogen-bond acceptors (Lipinski definition) is 4. The van der Waals surface area contributed by atoms with Crippen molar-refractivity contribution >= 4 is 28.2 Å². The van der Waals surface area contributed by atoms with Crippen LogP contribution in [0.15, 0.2) is 36.7 Å². The number of fused-ring (bicyclic) bond motifs is 1. The van der Waals surface area contributed by atoms with Crippen LogP contribution in [0.1, 0.15) is 5.56 Å². The molecule has 2 N–H and O–H groups in total. The van der Waals surface area contributed by atoms with Gasteiger partial charge in [0.25, 0.3) is 0 Å². The van der Waals surface area contributed by atoms with Gasteiger partial charge in [-0.15, -0.1) is 0 Å². The summed E-state index contributed by atoms with van der Waals surface area (Å²) in [6, 6.07) is 9.67. The molecule has 0 fully saturated rings. The SMILES string of the molecule is N#Cc1cnc(Cl)nc1-n1cc(N)c2ccccc21. The fraction of sp³-hybridized carbons (Fsp3) is 0. The van der Waals surface area contributed by atoms with Gasteiger partial charge < -0.3 is 5.73 Å². The first-order chi connectivity index (χ1) is 9.20. The van der Waals surface area contributed by atoms with Crippen molar-refractivity contribution in [3.63, 3.8) is 0 Å². The molecule has 0 bridgehead atoms. The number of para-hydroxylation sites is 1. The minimum absolute atomic E-state index is 0.0883. The summed E-state index contributed by atoms with van der Waals surface area (Å²) < 4.78 is 1.75. The zero-order valence-electron chi connectivity index (χ0n) is 9.71. The number of rotatable bonds is 1. The molecule has 0 spiro atoms. The fourth-order valence-electron chi connectivity index (χ4n) is 2.00. The first-order valence-corrected chi connectivity index (χ1v) is 5.87. The van der Waals surface area contributed by atoms with E-state index >= 15 is 0 Å². The Balaban J connectivity index is 2.37. The van der Waals surface area contributed by atoms with Crippen LogP contribution in [0.3, 0.4) is 0 Å². The third-order valence-electron chi connectivity index (χ3n) is 2.83. The summed E-state index contributed by atoms with van der Waals surface area (Å²) in [6.07, 6.45) is 3.12. The summed E-state index contributed by atoms with van der Waals surface area (Å²) >= 11 is 5.81. The number of aromatic nitrogens is 3. The quantitative estimate of drug-likeness (QED) is 0.688. The van der Waals surface area contributed by atoms with Crippen LogP contribution in [0.4, 0.5) is 5.69 Å². The molecule has 0 saturated heterocycles. The molecule has 3 rings (SSSR count). The van der Waals surface area contributed by atoms with Crippen molar-refractivity contribution in [2.24, 2.45) is 0 Å². The van der Waals surface area contributed by atoms with Crippen LogP contribution in [-0.2, 0) is 0 Å². The molecule has 0 unspecified atom stereocenters. The van der Waals surface area contributed by atoms with Gasteiger partial charge in [-0.3, -0.25) is 4.57 Å². The second kappa shape index (κ2) is 4.26. The van der Waals surface area contributed by atoms with Gasteiger partial charge in [0.05, 0.1) is 17.4 Å². The highest BCUT2D eigenvalue weighted by Crippen LogP contribution is 2.27. The smallest absolute Gasteiger partial charge is 0.224 e. The topological polar surface area (TPSA) is 80.5 Å². The van der Waals surface area contributed by atoms with Crippen LogP contribution < -0.4 is 5.73 Å². The molecule has 0 aliphatic rings. The summed E-state index contributed by atoms with van der Waals surface area (Å²) in [7, 11) is 0. The highest BCUT2D eigenvalue weighted by atomic mass is 35.5. The number of nitrogen functional groups attached to an aromatic ring is 1. The molecule has 92 valence electrons. The first kappa shape index (κ1) is 11.5. The van der Waals surface area contributed by atoms with Crippen molar-refractivity contribution in [2.75, 3.05) is 5.73 Å². The van der Waals surface area contributed by atoms with Crippen molar-refractivity contribution in [3.8, 4) is 11.9 Å². The Morgan fingerprint density at radius 3 is 2.89 bits per heavy atom. The minimum atomic E-state index is 0.0883. The molecular weight excluding hydrogens is 262 g/mol. The van der Waals surface area contributed by atoms with E-state index in [2.05, 4.69) is 9.97 Å². The number of nitrogens with zero attached hydrogens (tertiary/aromatic N) is 4. The number of anilines is 1. The van der Waals surface area contributed by atoms with Gasteiger partial charge >= 0.3 is 0 Å². The number of halogens is 1. The average molecular weight is 270 g/mol. The van der Waals surface area contributed by atoms with E-state index in [1.54, 1.807) is 10.8 Å². The van der Waals surface area contributed by atoms with E-state index in [4.69, 9.17) is 22.6 Å². The molecule has 0 atom stereocenters. The van der Waals surface area contributed by atoms with Crippen LogP contribution in [0.25, 0.3) is 16.7 Å². The summed E-state index contributed by atoms with van der Waals surface area (Å²) in [6.45, 7) is 0. The molecule has 3 aromatic rings. The highest BCUT2D eigenvalue weighted by molar-refractivity contribution is 6.28. The van der Waals surface area contributed by atoms with Gasteiger partial charge in [0.1, 0.15) is 11.6 Å². The van der Waals surface area contributed by atoms with Crippen LogP contribution >= 0.6 is 11.6 Å². The average Bonchev–Trinajstić information content (AvgIpc) is 2.77. The van der Waals surface area contributed by atoms with E-state index in [9.17, 15) is 0 Å². The summed E-state index contributed by atoms with van der Waals surface area (Å²) in [4.78, 5) is 7.93. The van der Waals surface area contributed by atoms with Crippen LogP contribution in [0.5, 0.6) is 0 Å². The van der Waals surface area contributed by atoms with Crippen molar-refractivity contribution in [3.05, 3.63) is 47.5 Å². The zero-order chi connectivity index (χ0) is 13.4. The Bertz CT molecular complexity index is 816. The molecule has 2 aromatic heterocycles. The molecule has 2 heterocycles. The van der Waals surface area contributed by atoms with Crippen molar-refractivity contribution in [2.45, 2.75) is 0 Å². The Hall–Kier alpha value is -2.58. The van der Waals surface area contributed by atoms with Gasteiger partial charge in [0.15, 0.2) is 5.82 Å². The van der Waals surface area contributed by atoms with Gasteiger partial charge in [-0.2, -0.15) is 10.2 Å². The van der Waals surface area contributed by atoms with Crippen molar-refractivity contribution in [1.29, 1.82) is 5.26 Å². The second-order valence-electron chi connectivity index (χ2n) is 3.96. The number of benzene rings is 1. The molecule has 0 aliphatic heterocycles. The maximum atomic E-state index is 9.13. The van der Waals surface area contributed by atoms with Crippen LogP contribution in [-0.4, -0.2) is 14.5 Å². The van der Waals surface area contributed by atoms with Crippen molar-refractivity contribution < 1.29 is 0 Å². The normalized spacial score (nSPS) is 10.5. The molecule has 1 aromatic carbocycles. The Labute approximate surface area is 113 Å². The first-order valence-electron chi connectivity index (χ1n) is 5.49. The Morgan fingerprint density at radius 2 is 2.11 bits per heavy atom. The van der Waals surface area contributed by atoms with Gasteiger partial charge in [0.2, 0.25) is 5.28 Å². The maximum absolute atomic E-state index is 9.13. The number of nitriles is 1. The molecule has 19 heavy (non-hydrogen) atoms. The third kappa shape index (κ3) is 1.79. The molecule has 0 aliphatic carbocycles. The third-order valence-corrected chi connectivity index (χ3v) is 3.01. The van der Waals surface area contributed by atoms with Gasteiger partial charge in [0, 0.05) is 11.6 Å². The second-order valence-corrected chi connectivity index (χ2v) is 4.30.